The van der Waals surface area contributed by atoms with Crippen LogP contribution in [0.3, 0.4) is 0 Å². The Balaban J connectivity index is 2.47. The monoisotopic (exact) mass is 278 g/mol. The maximum atomic E-state index is 13.7. The van der Waals surface area contributed by atoms with E-state index in [0.29, 0.717) is 17.7 Å². The number of rotatable bonds is 2. The van der Waals surface area contributed by atoms with Gasteiger partial charge in [-0.25, -0.2) is 4.39 Å². The molecule has 1 aromatic rings. The van der Waals surface area contributed by atoms with Gasteiger partial charge in [0.25, 0.3) is 5.91 Å². The minimum atomic E-state index is -0.938. The Hall–Kier alpha value is -1.91. The van der Waals surface area contributed by atoms with Gasteiger partial charge in [-0.05, 0) is 32.4 Å². The van der Waals surface area contributed by atoms with E-state index in [2.05, 4.69) is 5.32 Å². The first kappa shape index (κ1) is 14.5. The van der Waals surface area contributed by atoms with Crippen molar-refractivity contribution in [2.45, 2.75) is 39.2 Å². The van der Waals surface area contributed by atoms with Gasteiger partial charge in [-0.3, -0.25) is 9.59 Å². The van der Waals surface area contributed by atoms with E-state index in [1.807, 2.05) is 6.92 Å². The van der Waals surface area contributed by atoms with E-state index in [0.717, 1.165) is 0 Å². The lowest BCUT2D eigenvalue weighted by Crippen LogP contribution is -2.55. The zero-order valence-electron chi connectivity index (χ0n) is 12.0. The first-order valence-electron chi connectivity index (χ1n) is 6.77. The second-order valence-corrected chi connectivity index (χ2v) is 5.32. The molecule has 1 aliphatic rings. The van der Waals surface area contributed by atoms with Crippen LogP contribution in [0.4, 0.5) is 10.1 Å². The van der Waals surface area contributed by atoms with E-state index in [-0.39, 0.29) is 30.6 Å². The largest absolute Gasteiger partial charge is 0.342 e. The van der Waals surface area contributed by atoms with Gasteiger partial charge in [0.15, 0.2) is 0 Å². The average Bonchev–Trinajstić information content (AvgIpc) is 2.52. The molecule has 1 fully saturated rings. The molecule has 0 saturated carbocycles. The minimum Gasteiger partial charge on any atom is -0.342 e. The summed E-state index contributed by atoms with van der Waals surface area (Å²) in [7, 11) is 0. The van der Waals surface area contributed by atoms with Crippen molar-refractivity contribution in [3.8, 4) is 0 Å². The maximum Gasteiger partial charge on any atom is 0.252 e. The van der Waals surface area contributed by atoms with Crippen molar-refractivity contribution < 1.29 is 14.0 Å². The molecule has 0 aliphatic carbocycles. The van der Waals surface area contributed by atoms with E-state index in [1.165, 1.54) is 11.0 Å². The third-order valence-electron chi connectivity index (χ3n) is 3.93. The fourth-order valence-corrected chi connectivity index (χ4v) is 2.39. The van der Waals surface area contributed by atoms with Gasteiger partial charge in [0.2, 0.25) is 5.91 Å². The maximum absolute atomic E-state index is 13.7. The zero-order chi connectivity index (χ0) is 14.9. The summed E-state index contributed by atoms with van der Waals surface area (Å²) in [6, 6.07) is 4.65. The number of benzene rings is 1. The Kier molecular flexibility index (Phi) is 3.79. The quantitative estimate of drug-likeness (QED) is 0.901. The Morgan fingerprint density at radius 2 is 2.10 bits per heavy atom. The molecule has 2 amide bonds. The van der Waals surface area contributed by atoms with E-state index in [1.54, 1.807) is 26.0 Å². The van der Waals surface area contributed by atoms with Gasteiger partial charge in [0, 0.05) is 24.2 Å². The molecule has 0 aromatic heterocycles. The summed E-state index contributed by atoms with van der Waals surface area (Å²) in [6.07, 6.45) is 0.708. The molecule has 1 unspecified atom stereocenters. The molecule has 1 N–H and O–H groups in total. The van der Waals surface area contributed by atoms with Gasteiger partial charge >= 0.3 is 0 Å². The van der Waals surface area contributed by atoms with E-state index >= 15 is 0 Å². The summed E-state index contributed by atoms with van der Waals surface area (Å²) in [4.78, 5) is 26.0. The van der Waals surface area contributed by atoms with Crippen LogP contribution in [0.25, 0.3) is 0 Å². The number of amides is 2. The Morgan fingerprint density at radius 1 is 1.40 bits per heavy atom. The lowest BCUT2D eigenvalue weighted by atomic mass is 9.96. The molecular weight excluding hydrogens is 259 g/mol. The van der Waals surface area contributed by atoms with Crippen LogP contribution in [-0.2, 0) is 9.59 Å². The Bertz CT molecular complexity index is 559. The first-order valence-corrected chi connectivity index (χ1v) is 6.77. The number of anilines is 1. The number of hydrogen-bond acceptors (Lipinski definition) is 2. The van der Waals surface area contributed by atoms with Crippen LogP contribution in [0.5, 0.6) is 0 Å². The molecule has 1 heterocycles. The van der Waals surface area contributed by atoms with Crippen LogP contribution in [0.15, 0.2) is 18.2 Å². The summed E-state index contributed by atoms with van der Waals surface area (Å²) >= 11 is 0. The highest BCUT2D eigenvalue weighted by molar-refractivity contribution is 6.04. The van der Waals surface area contributed by atoms with Gasteiger partial charge < -0.3 is 10.2 Å². The molecule has 5 heteroatoms. The van der Waals surface area contributed by atoms with Crippen LogP contribution in [0.1, 0.15) is 32.3 Å². The molecule has 0 bridgehead atoms. The molecule has 1 aromatic carbocycles. The summed E-state index contributed by atoms with van der Waals surface area (Å²) in [5, 5.41) is 2.76. The zero-order valence-corrected chi connectivity index (χ0v) is 12.0. The third kappa shape index (κ3) is 2.40. The Morgan fingerprint density at radius 3 is 2.75 bits per heavy atom. The smallest absolute Gasteiger partial charge is 0.252 e. The summed E-state index contributed by atoms with van der Waals surface area (Å²) in [5.41, 5.74) is 0.0200. The molecule has 1 saturated heterocycles. The summed E-state index contributed by atoms with van der Waals surface area (Å²) in [6.45, 7) is 5.46. The molecule has 0 radical (unpaired) electrons. The SMILES string of the molecule is CCC1(C)NC(=O)CCN(c2cccc(F)c2C)C1=O. The lowest BCUT2D eigenvalue weighted by molar-refractivity contribution is -0.129. The van der Waals surface area contributed by atoms with Crippen molar-refractivity contribution in [2.75, 3.05) is 11.4 Å². The highest BCUT2D eigenvalue weighted by Crippen LogP contribution is 2.27. The Labute approximate surface area is 118 Å². The minimum absolute atomic E-state index is 0.153. The van der Waals surface area contributed by atoms with Crippen LogP contribution in [0, 0.1) is 12.7 Å². The topological polar surface area (TPSA) is 49.4 Å². The molecule has 1 atom stereocenters. The normalized spacial score (nSPS) is 23.5. The number of carbonyl (C=O) groups is 2. The van der Waals surface area contributed by atoms with Crippen molar-refractivity contribution in [3.63, 3.8) is 0 Å². The second kappa shape index (κ2) is 5.23. The standard InChI is InChI=1S/C15H19FN2O2/c1-4-15(3)14(20)18(9-8-13(19)17-15)12-7-5-6-11(16)10(12)2/h5-7H,4,8-9H2,1-3H3,(H,17,19). The van der Waals surface area contributed by atoms with Crippen molar-refractivity contribution in [1.82, 2.24) is 5.32 Å². The van der Waals surface area contributed by atoms with Gasteiger partial charge in [-0.2, -0.15) is 0 Å². The van der Waals surface area contributed by atoms with Crippen molar-refractivity contribution >= 4 is 17.5 Å². The first-order chi connectivity index (χ1) is 9.39. The number of halogens is 1. The molecule has 0 spiro atoms. The highest BCUT2D eigenvalue weighted by atomic mass is 19.1. The molecular formula is C15H19FN2O2. The fraction of sp³-hybridized carbons (Fsp3) is 0.467. The van der Waals surface area contributed by atoms with Gasteiger partial charge in [-0.1, -0.05) is 13.0 Å². The van der Waals surface area contributed by atoms with E-state index in [9.17, 15) is 14.0 Å². The van der Waals surface area contributed by atoms with Gasteiger partial charge in [-0.15, -0.1) is 0 Å². The molecule has 20 heavy (non-hydrogen) atoms. The summed E-state index contributed by atoms with van der Waals surface area (Å²) < 4.78 is 13.7. The molecule has 4 nitrogen and oxygen atoms in total. The van der Waals surface area contributed by atoms with Crippen LogP contribution >= 0.6 is 0 Å². The van der Waals surface area contributed by atoms with Crippen LogP contribution in [-0.4, -0.2) is 23.9 Å². The van der Waals surface area contributed by atoms with Crippen LogP contribution < -0.4 is 10.2 Å². The fourth-order valence-electron chi connectivity index (χ4n) is 2.39. The second-order valence-electron chi connectivity index (χ2n) is 5.32. The van der Waals surface area contributed by atoms with Crippen molar-refractivity contribution in [2.24, 2.45) is 0 Å². The lowest BCUT2D eigenvalue weighted by Gasteiger charge is -2.32. The molecule has 2 rings (SSSR count). The van der Waals surface area contributed by atoms with Gasteiger partial charge in [0.05, 0.1) is 0 Å². The third-order valence-corrected chi connectivity index (χ3v) is 3.93. The highest BCUT2D eigenvalue weighted by Gasteiger charge is 2.40. The summed E-state index contributed by atoms with van der Waals surface area (Å²) in [5.74, 6) is -0.698. The van der Waals surface area contributed by atoms with E-state index in [4.69, 9.17) is 0 Å². The van der Waals surface area contributed by atoms with Crippen LogP contribution in [0.2, 0.25) is 0 Å². The molecule has 1 aliphatic heterocycles. The predicted molar refractivity (Wildman–Crippen MR) is 74.9 cm³/mol. The van der Waals surface area contributed by atoms with E-state index < -0.39 is 5.54 Å². The van der Waals surface area contributed by atoms with Crippen molar-refractivity contribution in [1.29, 1.82) is 0 Å². The number of nitrogens with one attached hydrogen (secondary N) is 1. The molecule has 108 valence electrons. The average molecular weight is 278 g/mol. The number of carbonyl (C=O) groups excluding carboxylic acids is 2. The van der Waals surface area contributed by atoms with Crippen molar-refractivity contribution in [3.05, 3.63) is 29.6 Å². The van der Waals surface area contributed by atoms with Gasteiger partial charge in [0.1, 0.15) is 11.4 Å². The predicted octanol–water partition coefficient (Wildman–Crippen LogP) is 2.16. The number of hydrogen-bond donors (Lipinski definition) is 1. The number of nitrogens with zero attached hydrogens (tertiary/aromatic N) is 1.